The summed E-state index contributed by atoms with van der Waals surface area (Å²) in [7, 11) is 0. The Morgan fingerprint density at radius 3 is 2.59 bits per heavy atom. The van der Waals surface area contributed by atoms with Crippen LogP contribution in [0.1, 0.15) is 22.4 Å². The molecule has 88 valence electrons. The van der Waals surface area contributed by atoms with Crippen LogP contribution in [0, 0.1) is 20.8 Å². The number of nitrogens with zero attached hydrogens (tertiary/aromatic N) is 2. The standard InChI is InChI=1S/C13H15N3S/c1-8-4-5-9(2)12(6-8)16-10(3)11(7-15-16)13(14)17/h4-7H,1-3H3,(H2,14,17). The van der Waals surface area contributed by atoms with E-state index in [1.807, 2.05) is 11.6 Å². The van der Waals surface area contributed by atoms with Gasteiger partial charge in [-0.05, 0) is 38.0 Å². The first-order valence-corrected chi connectivity index (χ1v) is 5.83. The van der Waals surface area contributed by atoms with Crippen LogP contribution in [-0.2, 0) is 0 Å². The molecule has 2 aromatic rings. The van der Waals surface area contributed by atoms with Crippen molar-refractivity contribution in [1.29, 1.82) is 0 Å². The van der Waals surface area contributed by atoms with Gasteiger partial charge in [-0.2, -0.15) is 5.10 Å². The summed E-state index contributed by atoms with van der Waals surface area (Å²) in [6, 6.07) is 6.29. The van der Waals surface area contributed by atoms with Crippen molar-refractivity contribution < 1.29 is 0 Å². The maximum Gasteiger partial charge on any atom is 0.107 e. The molecule has 0 radical (unpaired) electrons. The molecule has 0 saturated heterocycles. The van der Waals surface area contributed by atoms with Gasteiger partial charge in [-0.15, -0.1) is 0 Å². The SMILES string of the molecule is Cc1ccc(C)c(-n2ncc(C(N)=S)c2C)c1. The van der Waals surface area contributed by atoms with Gasteiger partial charge >= 0.3 is 0 Å². The molecule has 1 aromatic carbocycles. The Bertz CT molecular complexity index is 584. The molecule has 0 aliphatic heterocycles. The van der Waals surface area contributed by atoms with E-state index in [-0.39, 0.29) is 0 Å². The predicted octanol–water partition coefficient (Wildman–Crippen LogP) is 2.43. The molecule has 2 rings (SSSR count). The molecule has 0 atom stereocenters. The molecule has 2 N–H and O–H groups in total. The molecule has 0 bridgehead atoms. The van der Waals surface area contributed by atoms with Crippen molar-refractivity contribution in [3.8, 4) is 5.69 Å². The van der Waals surface area contributed by atoms with Crippen molar-refractivity contribution in [2.75, 3.05) is 0 Å². The Balaban J connectivity index is 2.61. The Labute approximate surface area is 106 Å². The van der Waals surface area contributed by atoms with Crippen LogP contribution in [0.15, 0.2) is 24.4 Å². The smallest absolute Gasteiger partial charge is 0.107 e. The van der Waals surface area contributed by atoms with Crippen LogP contribution in [0.2, 0.25) is 0 Å². The highest BCUT2D eigenvalue weighted by molar-refractivity contribution is 7.80. The highest BCUT2D eigenvalue weighted by atomic mass is 32.1. The van der Waals surface area contributed by atoms with Gasteiger partial charge in [-0.3, -0.25) is 0 Å². The number of rotatable bonds is 2. The summed E-state index contributed by atoms with van der Waals surface area (Å²) in [5.74, 6) is 0. The predicted molar refractivity (Wildman–Crippen MR) is 73.7 cm³/mol. The average molecular weight is 245 g/mol. The normalized spacial score (nSPS) is 10.5. The Kier molecular flexibility index (Phi) is 2.98. The molecule has 1 heterocycles. The minimum atomic E-state index is 0.388. The second kappa shape index (κ2) is 4.30. The average Bonchev–Trinajstić information content (AvgIpc) is 2.64. The van der Waals surface area contributed by atoms with Crippen LogP contribution in [0.3, 0.4) is 0 Å². The van der Waals surface area contributed by atoms with Crippen molar-refractivity contribution in [3.05, 3.63) is 46.8 Å². The first-order valence-electron chi connectivity index (χ1n) is 5.42. The van der Waals surface area contributed by atoms with Gasteiger partial charge in [0.1, 0.15) is 4.99 Å². The van der Waals surface area contributed by atoms with Crippen LogP contribution >= 0.6 is 12.2 Å². The fourth-order valence-electron chi connectivity index (χ4n) is 1.84. The third-order valence-corrected chi connectivity index (χ3v) is 3.09. The number of nitrogens with two attached hydrogens (primary N) is 1. The van der Waals surface area contributed by atoms with Crippen LogP contribution in [-0.4, -0.2) is 14.8 Å². The molecule has 0 unspecified atom stereocenters. The third kappa shape index (κ3) is 2.08. The second-order valence-corrected chi connectivity index (χ2v) is 4.65. The Morgan fingerprint density at radius 2 is 2.00 bits per heavy atom. The quantitative estimate of drug-likeness (QED) is 0.826. The van der Waals surface area contributed by atoms with E-state index < -0.39 is 0 Å². The molecule has 3 nitrogen and oxygen atoms in total. The summed E-state index contributed by atoms with van der Waals surface area (Å²) in [6.45, 7) is 6.11. The van der Waals surface area contributed by atoms with Gasteiger partial charge in [0.05, 0.1) is 23.1 Å². The summed E-state index contributed by atoms with van der Waals surface area (Å²) in [5, 5.41) is 4.36. The van der Waals surface area contributed by atoms with E-state index in [0.717, 1.165) is 16.9 Å². The molecule has 0 aliphatic rings. The highest BCUT2D eigenvalue weighted by Crippen LogP contribution is 2.19. The lowest BCUT2D eigenvalue weighted by molar-refractivity contribution is 0.839. The van der Waals surface area contributed by atoms with E-state index in [1.165, 1.54) is 11.1 Å². The zero-order valence-electron chi connectivity index (χ0n) is 10.2. The van der Waals surface area contributed by atoms with Gasteiger partial charge in [0, 0.05) is 0 Å². The van der Waals surface area contributed by atoms with Gasteiger partial charge < -0.3 is 5.73 Å². The molecule has 4 heteroatoms. The van der Waals surface area contributed by atoms with Crippen molar-refractivity contribution in [3.63, 3.8) is 0 Å². The molecule has 0 fully saturated rings. The van der Waals surface area contributed by atoms with E-state index in [0.29, 0.717) is 4.99 Å². The lowest BCUT2D eigenvalue weighted by Crippen LogP contribution is -2.11. The monoisotopic (exact) mass is 245 g/mol. The first kappa shape index (κ1) is 11.8. The lowest BCUT2D eigenvalue weighted by Gasteiger charge is -2.09. The molecule has 1 aromatic heterocycles. The van der Waals surface area contributed by atoms with Gasteiger partial charge in [-0.25, -0.2) is 4.68 Å². The van der Waals surface area contributed by atoms with E-state index in [2.05, 4.69) is 37.1 Å². The van der Waals surface area contributed by atoms with Gasteiger partial charge in [0.2, 0.25) is 0 Å². The van der Waals surface area contributed by atoms with E-state index >= 15 is 0 Å². The Hall–Kier alpha value is -1.68. The first-order chi connectivity index (χ1) is 8.00. The van der Waals surface area contributed by atoms with Gasteiger partial charge in [0.15, 0.2) is 0 Å². The fraction of sp³-hybridized carbons (Fsp3) is 0.231. The molecule has 0 spiro atoms. The highest BCUT2D eigenvalue weighted by Gasteiger charge is 2.11. The minimum absolute atomic E-state index is 0.388. The molecular formula is C13H15N3S. The van der Waals surface area contributed by atoms with E-state index in [9.17, 15) is 0 Å². The number of hydrogen-bond donors (Lipinski definition) is 1. The molecule has 17 heavy (non-hydrogen) atoms. The summed E-state index contributed by atoms with van der Waals surface area (Å²) in [6.07, 6.45) is 1.72. The summed E-state index contributed by atoms with van der Waals surface area (Å²) in [5.41, 5.74) is 10.9. The number of aryl methyl sites for hydroxylation is 2. The third-order valence-electron chi connectivity index (χ3n) is 2.87. The van der Waals surface area contributed by atoms with E-state index in [1.54, 1.807) is 6.20 Å². The summed E-state index contributed by atoms with van der Waals surface area (Å²) < 4.78 is 1.89. The minimum Gasteiger partial charge on any atom is -0.389 e. The summed E-state index contributed by atoms with van der Waals surface area (Å²) in [4.78, 5) is 0.388. The van der Waals surface area contributed by atoms with Crippen molar-refractivity contribution in [2.45, 2.75) is 20.8 Å². The molecule has 0 saturated carbocycles. The maximum absolute atomic E-state index is 5.65. The largest absolute Gasteiger partial charge is 0.389 e. The van der Waals surface area contributed by atoms with Crippen molar-refractivity contribution in [1.82, 2.24) is 9.78 Å². The number of benzene rings is 1. The fourth-order valence-corrected chi connectivity index (χ4v) is 2.04. The number of thiocarbonyl (C=S) groups is 1. The van der Waals surface area contributed by atoms with Crippen LogP contribution in [0.5, 0.6) is 0 Å². The molecule has 0 aliphatic carbocycles. The molecular weight excluding hydrogens is 230 g/mol. The number of aromatic nitrogens is 2. The van der Waals surface area contributed by atoms with Gasteiger partial charge in [-0.1, -0.05) is 24.4 Å². The zero-order valence-corrected chi connectivity index (χ0v) is 11.0. The van der Waals surface area contributed by atoms with Crippen LogP contribution < -0.4 is 5.73 Å². The van der Waals surface area contributed by atoms with Crippen molar-refractivity contribution in [2.24, 2.45) is 5.73 Å². The lowest BCUT2D eigenvalue weighted by atomic mass is 10.1. The van der Waals surface area contributed by atoms with E-state index in [4.69, 9.17) is 18.0 Å². The van der Waals surface area contributed by atoms with Crippen molar-refractivity contribution >= 4 is 17.2 Å². The van der Waals surface area contributed by atoms with Gasteiger partial charge in [0.25, 0.3) is 0 Å². The van der Waals surface area contributed by atoms with Crippen LogP contribution in [0.25, 0.3) is 5.69 Å². The zero-order chi connectivity index (χ0) is 12.6. The number of hydrogen-bond acceptors (Lipinski definition) is 2. The van der Waals surface area contributed by atoms with Crippen LogP contribution in [0.4, 0.5) is 0 Å². The Morgan fingerprint density at radius 1 is 1.29 bits per heavy atom. The molecule has 0 amide bonds. The topological polar surface area (TPSA) is 43.8 Å². The maximum atomic E-state index is 5.65. The second-order valence-electron chi connectivity index (χ2n) is 4.21. The summed E-state index contributed by atoms with van der Waals surface area (Å²) >= 11 is 5.00.